The summed E-state index contributed by atoms with van der Waals surface area (Å²) < 4.78 is 4.47. The maximum absolute atomic E-state index is 11.7. The summed E-state index contributed by atoms with van der Waals surface area (Å²) in [5.74, 6) is -1.16. The molecule has 0 aliphatic carbocycles. The highest BCUT2D eigenvalue weighted by Crippen LogP contribution is 2.08. The van der Waals surface area contributed by atoms with E-state index in [9.17, 15) is 9.59 Å². The third-order valence-electron chi connectivity index (χ3n) is 2.40. The Bertz CT molecular complexity index is 468. The molecule has 6 nitrogen and oxygen atoms in total. The van der Waals surface area contributed by atoms with Gasteiger partial charge < -0.3 is 15.8 Å². The minimum atomic E-state index is -0.893. The van der Waals surface area contributed by atoms with Crippen molar-refractivity contribution in [1.29, 1.82) is 5.26 Å². The summed E-state index contributed by atoms with van der Waals surface area (Å²) in [6, 6.07) is 11.2. The van der Waals surface area contributed by atoms with Crippen LogP contribution < -0.4 is 11.1 Å². The Morgan fingerprint density at radius 3 is 2.63 bits per heavy atom. The first-order chi connectivity index (χ1) is 9.13. The van der Waals surface area contributed by atoms with E-state index in [0.717, 1.165) is 5.56 Å². The molecule has 6 heteroatoms. The molecule has 0 aliphatic rings. The molecule has 0 aliphatic heterocycles. The molecular weight excluding hydrogens is 246 g/mol. The third kappa shape index (κ3) is 5.55. The van der Waals surface area contributed by atoms with Crippen molar-refractivity contribution in [2.45, 2.75) is 6.42 Å². The van der Waals surface area contributed by atoms with Crippen LogP contribution in [-0.4, -0.2) is 25.2 Å². The molecule has 0 heterocycles. The molecule has 0 aromatic heterocycles. The lowest BCUT2D eigenvalue weighted by atomic mass is 10.00. The van der Waals surface area contributed by atoms with Gasteiger partial charge in [-0.15, -0.1) is 0 Å². The number of carbonyl (C=O) groups is 2. The second-order valence-electron chi connectivity index (χ2n) is 3.83. The number of nitrogens with one attached hydrogen (secondary N) is 1. The Morgan fingerprint density at radius 1 is 1.37 bits per heavy atom. The number of nitrogens with zero attached hydrogens (tertiary/aromatic N) is 1. The first-order valence-corrected chi connectivity index (χ1v) is 5.77. The molecule has 3 N–H and O–H groups in total. The Balaban J connectivity index is 2.40. The van der Waals surface area contributed by atoms with E-state index in [1.54, 1.807) is 0 Å². The van der Waals surface area contributed by atoms with E-state index >= 15 is 0 Å². The highest BCUT2D eigenvalue weighted by Gasteiger charge is 2.17. The summed E-state index contributed by atoms with van der Waals surface area (Å²) in [4.78, 5) is 22.0. The van der Waals surface area contributed by atoms with Crippen molar-refractivity contribution in [3.05, 3.63) is 35.9 Å². The maximum atomic E-state index is 11.7. The van der Waals surface area contributed by atoms with Crippen molar-refractivity contribution >= 4 is 12.0 Å². The van der Waals surface area contributed by atoms with Crippen LogP contribution in [0.3, 0.4) is 0 Å². The molecule has 1 aromatic carbocycles. The number of carbonyl (C=O) groups excluding carboxylic acids is 2. The molecule has 0 fully saturated rings. The molecule has 1 aromatic rings. The summed E-state index contributed by atoms with van der Waals surface area (Å²) in [6.07, 6.45) is -0.546. The SMILES string of the molecule is N#CC(Cc1ccccc1)C(=O)NCCOC(N)=O. The predicted octanol–water partition coefficient (Wildman–Crippen LogP) is 0.580. The van der Waals surface area contributed by atoms with Crippen molar-refractivity contribution in [1.82, 2.24) is 5.32 Å². The quantitative estimate of drug-likeness (QED) is 0.730. The zero-order chi connectivity index (χ0) is 14.1. The summed E-state index contributed by atoms with van der Waals surface area (Å²) in [6.45, 7) is 0.124. The Hall–Kier alpha value is -2.55. The van der Waals surface area contributed by atoms with Crippen molar-refractivity contribution in [3.8, 4) is 6.07 Å². The number of nitriles is 1. The van der Waals surface area contributed by atoms with Gasteiger partial charge >= 0.3 is 6.09 Å². The summed E-state index contributed by atoms with van der Waals surface area (Å²) >= 11 is 0. The van der Waals surface area contributed by atoms with Crippen molar-refractivity contribution in [2.75, 3.05) is 13.2 Å². The molecule has 1 unspecified atom stereocenters. The number of amides is 2. The van der Waals surface area contributed by atoms with Crippen LogP contribution in [0.1, 0.15) is 5.56 Å². The number of rotatable bonds is 6. The van der Waals surface area contributed by atoms with Crippen LogP contribution in [-0.2, 0) is 16.0 Å². The van der Waals surface area contributed by atoms with Gasteiger partial charge in [0.15, 0.2) is 0 Å². The number of hydrogen-bond donors (Lipinski definition) is 2. The first-order valence-electron chi connectivity index (χ1n) is 5.77. The lowest BCUT2D eigenvalue weighted by molar-refractivity contribution is -0.123. The third-order valence-corrected chi connectivity index (χ3v) is 2.40. The monoisotopic (exact) mass is 261 g/mol. The zero-order valence-corrected chi connectivity index (χ0v) is 10.3. The van der Waals surface area contributed by atoms with E-state index in [-0.39, 0.29) is 19.1 Å². The topological polar surface area (TPSA) is 105 Å². The van der Waals surface area contributed by atoms with Crippen LogP contribution in [0.25, 0.3) is 0 Å². The number of primary amides is 1. The second kappa shape index (κ2) is 7.71. The number of benzene rings is 1. The van der Waals surface area contributed by atoms with Gasteiger partial charge in [0.05, 0.1) is 12.6 Å². The van der Waals surface area contributed by atoms with E-state index in [1.165, 1.54) is 0 Å². The summed E-state index contributed by atoms with van der Waals surface area (Å²) in [5.41, 5.74) is 5.69. The standard InChI is InChI=1S/C13H15N3O3/c14-9-11(8-10-4-2-1-3-5-10)12(17)16-6-7-19-13(15)18/h1-5,11H,6-8H2,(H2,15,18)(H,16,17). The van der Waals surface area contributed by atoms with Crippen molar-refractivity contribution in [2.24, 2.45) is 11.7 Å². The summed E-state index contributed by atoms with van der Waals surface area (Å²) in [7, 11) is 0. The maximum Gasteiger partial charge on any atom is 0.404 e. The minimum absolute atomic E-state index is 0.00937. The van der Waals surface area contributed by atoms with E-state index in [0.29, 0.717) is 6.42 Å². The van der Waals surface area contributed by atoms with Gasteiger partial charge in [0.1, 0.15) is 12.5 Å². The van der Waals surface area contributed by atoms with Crippen LogP contribution in [0, 0.1) is 17.2 Å². The molecule has 0 bridgehead atoms. The van der Waals surface area contributed by atoms with Gasteiger partial charge in [-0.3, -0.25) is 4.79 Å². The molecule has 0 spiro atoms. The van der Waals surface area contributed by atoms with Crippen LogP contribution in [0.2, 0.25) is 0 Å². The Morgan fingerprint density at radius 2 is 2.05 bits per heavy atom. The summed E-state index contributed by atoms with van der Waals surface area (Å²) in [5, 5.41) is 11.5. The van der Waals surface area contributed by atoms with Crippen LogP contribution >= 0.6 is 0 Å². The fraction of sp³-hybridized carbons (Fsp3) is 0.308. The average molecular weight is 261 g/mol. The van der Waals surface area contributed by atoms with Gasteiger partial charge in [-0.05, 0) is 12.0 Å². The van der Waals surface area contributed by atoms with Gasteiger partial charge in [-0.25, -0.2) is 4.79 Å². The highest BCUT2D eigenvalue weighted by atomic mass is 16.5. The van der Waals surface area contributed by atoms with Gasteiger partial charge in [-0.1, -0.05) is 30.3 Å². The van der Waals surface area contributed by atoms with E-state index in [2.05, 4.69) is 10.1 Å². The normalized spacial score (nSPS) is 11.1. The van der Waals surface area contributed by atoms with Crippen LogP contribution in [0.5, 0.6) is 0 Å². The Labute approximate surface area is 111 Å². The van der Waals surface area contributed by atoms with E-state index in [1.807, 2.05) is 36.4 Å². The molecule has 100 valence electrons. The molecule has 0 saturated carbocycles. The Kier molecular flexibility index (Phi) is 5.89. The molecule has 19 heavy (non-hydrogen) atoms. The molecule has 0 saturated heterocycles. The number of ether oxygens (including phenoxy) is 1. The van der Waals surface area contributed by atoms with Gasteiger partial charge in [-0.2, -0.15) is 5.26 Å². The molecule has 0 radical (unpaired) electrons. The smallest absolute Gasteiger partial charge is 0.404 e. The molecular formula is C13H15N3O3. The van der Waals surface area contributed by atoms with Gasteiger partial charge in [0.25, 0.3) is 0 Å². The molecule has 1 atom stereocenters. The van der Waals surface area contributed by atoms with Gasteiger partial charge in [0, 0.05) is 0 Å². The van der Waals surface area contributed by atoms with Crippen molar-refractivity contribution in [3.63, 3.8) is 0 Å². The zero-order valence-electron chi connectivity index (χ0n) is 10.3. The highest BCUT2D eigenvalue weighted by molar-refractivity contribution is 5.81. The number of hydrogen-bond acceptors (Lipinski definition) is 4. The fourth-order valence-electron chi connectivity index (χ4n) is 1.50. The molecule has 2 amide bonds. The minimum Gasteiger partial charge on any atom is -0.448 e. The predicted molar refractivity (Wildman–Crippen MR) is 67.8 cm³/mol. The van der Waals surface area contributed by atoms with Crippen LogP contribution in [0.15, 0.2) is 30.3 Å². The van der Waals surface area contributed by atoms with Crippen molar-refractivity contribution < 1.29 is 14.3 Å². The van der Waals surface area contributed by atoms with Gasteiger partial charge in [0.2, 0.25) is 5.91 Å². The fourth-order valence-corrected chi connectivity index (χ4v) is 1.50. The largest absolute Gasteiger partial charge is 0.448 e. The lowest BCUT2D eigenvalue weighted by Gasteiger charge is -2.10. The lowest BCUT2D eigenvalue weighted by Crippen LogP contribution is -2.34. The number of nitrogens with two attached hydrogens (primary N) is 1. The molecule has 1 rings (SSSR count). The first kappa shape index (κ1) is 14.5. The van der Waals surface area contributed by atoms with E-state index in [4.69, 9.17) is 11.0 Å². The second-order valence-corrected chi connectivity index (χ2v) is 3.83. The average Bonchev–Trinajstić information content (AvgIpc) is 2.41. The van der Waals surface area contributed by atoms with E-state index < -0.39 is 12.0 Å². The van der Waals surface area contributed by atoms with Crippen LogP contribution in [0.4, 0.5) is 4.79 Å².